The van der Waals surface area contributed by atoms with Crippen molar-refractivity contribution in [2.45, 2.75) is 53.3 Å². The van der Waals surface area contributed by atoms with E-state index in [1.807, 2.05) is 0 Å². The van der Waals surface area contributed by atoms with Crippen LogP contribution in [0, 0.1) is 0 Å². The number of aromatic nitrogens is 2. The van der Waals surface area contributed by atoms with Crippen molar-refractivity contribution in [2.75, 3.05) is 7.11 Å². The number of methoxy groups -OCH3 is 1. The van der Waals surface area contributed by atoms with Crippen LogP contribution in [-0.4, -0.2) is 40.1 Å². The zero-order valence-electron chi connectivity index (χ0n) is 10.8. The van der Waals surface area contributed by atoms with Crippen LogP contribution in [0.1, 0.15) is 32.1 Å². The van der Waals surface area contributed by atoms with Gasteiger partial charge in [0.15, 0.2) is 4.34 Å². The molecule has 1 aromatic rings. The van der Waals surface area contributed by atoms with Crippen LogP contribution in [0.5, 0.6) is 0 Å². The van der Waals surface area contributed by atoms with Crippen LogP contribution in [0.2, 0.25) is 0 Å². The quantitative estimate of drug-likeness (QED) is 0.837. The van der Waals surface area contributed by atoms with E-state index >= 15 is 0 Å². The van der Waals surface area contributed by atoms with Crippen molar-refractivity contribution in [1.29, 1.82) is 0 Å². The minimum absolute atomic E-state index is 0.111. The minimum Gasteiger partial charge on any atom is -0.468 e. The summed E-state index contributed by atoms with van der Waals surface area (Å²) in [6.45, 7) is 0. The first kappa shape index (κ1) is 13.3. The Morgan fingerprint density at radius 1 is 1.58 bits per heavy atom. The number of ether oxygens (including phenoxy) is 1. The summed E-state index contributed by atoms with van der Waals surface area (Å²) in [6, 6.07) is 0.504. The second-order valence-corrected chi connectivity index (χ2v) is 7.56. The molecule has 0 radical (unpaired) electrons. The number of nitrogens with one attached hydrogen (secondary N) is 1. The van der Waals surface area contributed by atoms with Gasteiger partial charge in [0, 0.05) is 11.3 Å². The Bertz CT molecular complexity index is 450. The van der Waals surface area contributed by atoms with Gasteiger partial charge in [-0.3, -0.25) is 10.1 Å². The molecule has 0 aliphatic heterocycles. The van der Waals surface area contributed by atoms with Gasteiger partial charge in [0.05, 0.1) is 7.11 Å². The Labute approximate surface area is 120 Å². The van der Waals surface area contributed by atoms with Crippen LogP contribution >= 0.6 is 23.1 Å². The van der Waals surface area contributed by atoms with Crippen LogP contribution in [0.3, 0.4) is 0 Å². The predicted octanol–water partition coefficient (Wildman–Crippen LogP) is 1.85. The molecule has 0 bridgehead atoms. The lowest BCUT2D eigenvalue weighted by Crippen LogP contribution is -2.52. The van der Waals surface area contributed by atoms with Gasteiger partial charge in [-0.25, -0.2) is 0 Å². The highest BCUT2D eigenvalue weighted by molar-refractivity contribution is 8.01. The molecule has 2 saturated carbocycles. The highest BCUT2D eigenvalue weighted by atomic mass is 32.2. The van der Waals surface area contributed by atoms with Gasteiger partial charge in [-0.1, -0.05) is 23.1 Å². The second-order valence-electron chi connectivity index (χ2n) is 5.18. The summed E-state index contributed by atoms with van der Waals surface area (Å²) in [4.78, 5) is 12.1. The van der Waals surface area contributed by atoms with E-state index in [0.717, 1.165) is 23.6 Å². The number of hydrogen-bond donors (Lipinski definition) is 1. The topological polar surface area (TPSA) is 64.1 Å². The van der Waals surface area contributed by atoms with Gasteiger partial charge < -0.3 is 4.74 Å². The molecule has 104 valence electrons. The van der Waals surface area contributed by atoms with E-state index in [9.17, 15) is 4.79 Å². The zero-order valence-corrected chi connectivity index (χ0v) is 12.4. The van der Waals surface area contributed by atoms with Gasteiger partial charge in [-0.2, -0.15) is 0 Å². The molecule has 0 saturated heterocycles. The van der Waals surface area contributed by atoms with E-state index in [1.165, 1.54) is 20.0 Å². The van der Waals surface area contributed by atoms with E-state index in [1.54, 1.807) is 28.6 Å². The number of hydrogen-bond acceptors (Lipinski definition) is 7. The zero-order chi connectivity index (χ0) is 13.3. The summed E-state index contributed by atoms with van der Waals surface area (Å²) in [5.74, 6) is -0.111. The minimum atomic E-state index is -0.474. The molecule has 0 aromatic carbocycles. The van der Waals surface area contributed by atoms with Crippen LogP contribution < -0.4 is 5.32 Å². The Morgan fingerprint density at radius 3 is 3.05 bits per heavy atom. The third-order valence-electron chi connectivity index (χ3n) is 3.71. The smallest absolute Gasteiger partial charge is 0.326 e. The summed E-state index contributed by atoms with van der Waals surface area (Å²) in [6.07, 6.45) is 5.03. The molecule has 0 amide bonds. The lowest BCUT2D eigenvalue weighted by molar-refractivity contribution is -0.148. The highest BCUT2D eigenvalue weighted by Gasteiger charge is 2.49. The first-order valence-electron chi connectivity index (χ1n) is 6.51. The standard InChI is InChI=1S/C12H17N3O2S2/c1-17-10(16)12(14-8-2-3-8)5-4-9(6-12)19-11-15-13-7-18-11/h7-9,14H,2-6H2,1H3. The number of thioether (sulfide) groups is 1. The highest BCUT2D eigenvalue weighted by Crippen LogP contribution is 2.42. The van der Waals surface area contributed by atoms with E-state index in [2.05, 4.69) is 15.5 Å². The summed E-state index contributed by atoms with van der Waals surface area (Å²) in [5, 5.41) is 11.8. The molecule has 1 heterocycles. The number of carbonyl (C=O) groups excluding carboxylic acids is 1. The molecule has 5 nitrogen and oxygen atoms in total. The van der Waals surface area contributed by atoms with Gasteiger partial charge in [-0.05, 0) is 32.1 Å². The molecule has 2 aliphatic rings. The molecule has 2 atom stereocenters. The van der Waals surface area contributed by atoms with Crippen molar-refractivity contribution in [2.24, 2.45) is 0 Å². The molecule has 1 aromatic heterocycles. The maximum atomic E-state index is 12.1. The molecular formula is C12H17N3O2S2. The molecule has 2 aliphatic carbocycles. The number of nitrogens with zero attached hydrogens (tertiary/aromatic N) is 2. The fourth-order valence-electron chi connectivity index (χ4n) is 2.65. The maximum Gasteiger partial charge on any atom is 0.326 e. The Kier molecular flexibility index (Phi) is 3.77. The summed E-state index contributed by atoms with van der Waals surface area (Å²) in [7, 11) is 1.48. The van der Waals surface area contributed by atoms with E-state index in [-0.39, 0.29) is 5.97 Å². The second kappa shape index (κ2) is 5.38. The molecule has 19 heavy (non-hydrogen) atoms. The Morgan fingerprint density at radius 2 is 2.42 bits per heavy atom. The van der Waals surface area contributed by atoms with Crippen molar-refractivity contribution in [3.63, 3.8) is 0 Å². The Hall–Kier alpha value is -0.660. The molecule has 3 rings (SSSR count). The van der Waals surface area contributed by atoms with E-state index in [0.29, 0.717) is 11.3 Å². The lowest BCUT2D eigenvalue weighted by atomic mass is 9.97. The molecular weight excluding hydrogens is 282 g/mol. The first-order chi connectivity index (χ1) is 9.22. The average molecular weight is 299 g/mol. The molecule has 7 heteroatoms. The monoisotopic (exact) mass is 299 g/mol. The fourth-order valence-corrected chi connectivity index (χ4v) is 4.67. The van der Waals surface area contributed by atoms with Crippen molar-refractivity contribution in [1.82, 2.24) is 15.5 Å². The molecule has 1 N–H and O–H groups in total. The molecule has 2 unspecified atom stereocenters. The van der Waals surface area contributed by atoms with Crippen LogP contribution in [0.4, 0.5) is 0 Å². The summed E-state index contributed by atoms with van der Waals surface area (Å²) >= 11 is 3.29. The van der Waals surface area contributed by atoms with Crippen molar-refractivity contribution in [3.8, 4) is 0 Å². The van der Waals surface area contributed by atoms with Crippen molar-refractivity contribution < 1.29 is 9.53 Å². The average Bonchev–Trinajstić information content (AvgIpc) is 2.91. The third kappa shape index (κ3) is 2.93. The predicted molar refractivity (Wildman–Crippen MR) is 74.3 cm³/mol. The van der Waals surface area contributed by atoms with Crippen molar-refractivity contribution >= 4 is 29.1 Å². The molecule has 2 fully saturated rings. The fraction of sp³-hybridized carbons (Fsp3) is 0.750. The first-order valence-corrected chi connectivity index (χ1v) is 8.27. The maximum absolute atomic E-state index is 12.1. The van der Waals surface area contributed by atoms with E-state index in [4.69, 9.17) is 4.74 Å². The molecule has 0 spiro atoms. The van der Waals surface area contributed by atoms with Crippen LogP contribution in [0.15, 0.2) is 9.85 Å². The SMILES string of the molecule is COC(=O)C1(NC2CC2)CCC(Sc2nncs2)C1. The van der Waals surface area contributed by atoms with Gasteiger partial charge >= 0.3 is 5.97 Å². The largest absolute Gasteiger partial charge is 0.468 e. The number of carbonyl (C=O) groups is 1. The van der Waals surface area contributed by atoms with Crippen LogP contribution in [0.25, 0.3) is 0 Å². The summed E-state index contributed by atoms with van der Waals surface area (Å²) in [5.41, 5.74) is 1.27. The van der Waals surface area contributed by atoms with Gasteiger partial charge in [0.25, 0.3) is 0 Å². The van der Waals surface area contributed by atoms with Gasteiger partial charge in [-0.15, -0.1) is 10.2 Å². The van der Waals surface area contributed by atoms with Crippen LogP contribution in [-0.2, 0) is 9.53 Å². The normalized spacial score (nSPS) is 30.5. The van der Waals surface area contributed by atoms with Crippen molar-refractivity contribution in [3.05, 3.63) is 5.51 Å². The lowest BCUT2D eigenvalue weighted by Gasteiger charge is -2.27. The van der Waals surface area contributed by atoms with E-state index < -0.39 is 5.54 Å². The number of rotatable bonds is 5. The van der Waals surface area contributed by atoms with Gasteiger partial charge in [0.2, 0.25) is 0 Å². The summed E-state index contributed by atoms with van der Waals surface area (Å²) < 4.78 is 6.00. The van der Waals surface area contributed by atoms with Gasteiger partial charge in [0.1, 0.15) is 11.0 Å². The number of esters is 1. The third-order valence-corrected chi connectivity index (χ3v) is 5.79. The Balaban J connectivity index is 1.67.